The topological polar surface area (TPSA) is 83.7 Å². The lowest BCUT2D eigenvalue weighted by molar-refractivity contribution is 0.102. The Morgan fingerprint density at radius 1 is 0.900 bits per heavy atom. The number of nitrogens with zero attached hydrogens (tertiary/aromatic N) is 2. The first-order valence-corrected chi connectivity index (χ1v) is 10.2. The van der Waals surface area contributed by atoms with E-state index in [1.165, 1.54) is 38.7 Å². The lowest BCUT2D eigenvalue weighted by Crippen LogP contribution is -2.06. The van der Waals surface area contributed by atoms with Crippen molar-refractivity contribution in [2.45, 2.75) is 26.0 Å². The van der Waals surface area contributed by atoms with Crippen LogP contribution < -0.4 is 14.2 Å². The number of hydrogen-bond donors (Lipinski definition) is 0. The monoisotopic (exact) mass is 428 g/mol. The first-order chi connectivity index (χ1) is 14.4. The van der Waals surface area contributed by atoms with Gasteiger partial charge in [-0.1, -0.05) is 17.8 Å². The van der Waals surface area contributed by atoms with Crippen LogP contribution in [0.2, 0.25) is 0 Å². The van der Waals surface area contributed by atoms with Gasteiger partial charge in [-0.15, -0.1) is 10.2 Å². The number of hydrogen-bond acceptors (Lipinski definition) is 8. The Kier molecular flexibility index (Phi) is 6.66. The molecule has 0 aliphatic heterocycles. The van der Waals surface area contributed by atoms with Crippen molar-refractivity contribution in [3.63, 3.8) is 0 Å². The molecule has 8 heteroatoms. The summed E-state index contributed by atoms with van der Waals surface area (Å²) in [7, 11) is 4.61. The summed E-state index contributed by atoms with van der Waals surface area (Å²) < 4.78 is 21.8. The van der Waals surface area contributed by atoms with Crippen LogP contribution >= 0.6 is 11.8 Å². The van der Waals surface area contributed by atoms with E-state index in [4.69, 9.17) is 18.6 Å². The zero-order chi connectivity index (χ0) is 21.8. The highest BCUT2D eigenvalue weighted by molar-refractivity contribution is 7.99. The summed E-state index contributed by atoms with van der Waals surface area (Å²) in [5, 5.41) is 8.45. The quantitative estimate of drug-likeness (QED) is 0.378. The van der Waals surface area contributed by atoms with Crippen LogP contribution in [-0.2, 0) is 0 Å². The molecule has 0 saturated carbocycles. The van der Waals surface area contributed by atoms with Gasteiger partial charge in [0.05, 0.1) is 27.1 Å². The van der Waals surface area contributed by atoms with Gasteiger partial charge in [-0.3, -0.25) is 4.79 Å². The summed E-state index contributed by atoms with van der Waals surface area (Å²) in [6, 6.07) is 7.42. The van der Waals surface area contributed by atoms with Crippen LogP contribution in [-0.4, -0.2) is 43.1 Å². The molecular formula is C22H24N2O5S. The molecule has 2 aromatic carbocycles. The van der Waals surface area contributed by atoms with E-state index in [1.54, 1.807) is 12.1 Å². The smallest absolute Gasteiger partial charge is 0.277 e. The molecule has 0 bridgehead atoms. The molecule has 1 heterocycles. The fraction of sp³-hybridized carbons (Fsp3) is 0.318. The van der Waals surface area contributed by atoms with E-state index in [0.717, 1.165) is 16.7 Å². The molecule has 0 fully saturated rings. The van der Waals surface area contributed by atoms with Crippen LogP contribution in [0, 0.1) is 20.8 Å². The molecule has 0 amide bonds. The first-order valence-electron chi connectivity index (χ1n) is 9.25. The molecule has 0 saturated heterocycles. The van der Waals surface area contributed by atoms with Crippen molar-refractivity contribution in [1.82, 2.24) is 10.2 Å². The molecule has 0 spiro atoms. The van der Waals surface area contributed by atoms with Crippen molar-refractivity contribution in [2.75, 3.05) is 27.1 Å². The third kappa shape index (κ3) is 4.43. The molecule has 1 aromatic heterocycles. The largest absolute Gasteiger partial charge is 0.493 e. The second kappa shape index (κ2) is 9.21. The van der Waals surface area contributed by atoms with Crippen LogP contribution in [0.4, 0.5) is 0 Å². The Morgan fingerprint density at radius 3 is 2.13 bits per heavy atom. The Labute approximate surface area is 179 Å². The molecule has 30 heavy (non-hydrogen) atoms. The van der Waals surface area contributed by atoms with Gasteiger partial charge >= 0.3 is 0 Å². The predicted octanol–water partition coefficient (Wildman–Crippen LogP) is 4.66. The molecule has 0 unspecified atom stereocenters. The van der Waals surface area contributed by atoms with Crippen LogP contribution in [0.3, 0.4) is 0 Å². The summed E-state index contributed by atoms with van der Waals surface area (Å²) in [6.45, 7) is 5.98. The minimum atomic E-state index is 0.0214. The number of aromatic nitrogens is 2. The highest BCUT2D eigenvalue weighted by Crippen LogP contribution is 2.41. The van der Waals surface area contributed by atoms with Gasteiger partial charge in [0.15, 0.2) is 17.3 Å². The molecular weight excluding hydrogens is 404 g/mol. The molecule has 3 rings (SSSR count). The van der Waals surface area contributed by atoms with E-state index in [9.17, 15) is 4.79 Å². The molecule has 0 N–H and O–H groups in total. The summed E-state index contributed by atoms with van der Waals surface area (Å²) in [5.41, 5.74) is 4.57. The van der Waals surface area contributed by atoms with Gasteiger partial charge in [0.1, 0.15) is 0 Å². The fourth-order valence-electron chi connectivity index (χ4n) is 3.06. The maximum Gasteiger partial charge on any atom is 0.277 e. The molecule has 3 aromatic rings. The summed E-state index contributed by atoms with van der Waals surface area (Å²) in [5.74, 6) is 1.98. The maximum absolute atomic E-state index is 12.7. The normalized spacial score (nSPS) is 10.7. The number of thioether (sulfide) groups is 1. The van der Waals surface area contributed by atoms with Gasteiger partial charge in [-0.25, -0.2) is 0 Å². The fourth-order valence-corrected chi connectivity index (χ4v) is 3.70. The van der Waals surface area contributed by atoms with E-state index >= 15 is 0 Å². The predicted molar refractivity (Wildman–Crippen MR) is 115 cm³/mol. The number of ether oxygens (including phenoxy) is 3. The number of carbonyl (C=O) groups is 1. The SMILES string of the molecule is COc1cc(-c2nnc(SCC(=O)c3cc(C)c(C)cc3C)o2)cc(OC)c1OC. The van der Waals surface area contributed by atoms with Gasteiger partial charge in [0.2, 0.25) is 11.6 Å². The van der Waals surface area contributed by atoms with Crippen molar-refractivity contribution in [3.8, 4) is 28.7 Å². The van der Waals surface area contributed by atoms with Gasteiger partial charge in [-0.05, 0) is 55.7 Å². The summed E-state index contributed by atoms with van der Waals surface area (Å²) >= 11 is 1.21. The van der Waals surface area contributed by atoms with E-state index in [2.05, 4.69) is 10.2 Å². The van der Waals surface area contributed by atoms with E-state index in [-0.39, 0.29) is 11.5 Å². The Hall–Kier alpha value is -3.00. The number of aryl methyl sites for hydroxylation is 3. The minimum absolute atomic E-state index is 0.0214. The third-order valence-electron chi connectivity index (χ3n) is 4.79. The molecule has 7 nitrogen and oxygen atoms in total. The van der Waals surface area contributed by atoms with Crippen molar-refractivity contribution >= 4 is 17.5 Å². The lowest BCUT2D eigenvalue weighted by atomic mass is 9.99. The van der Waals surface area contributed by atoms with Crippen LogP contribution in [0.1, 0.15) is 27.0 Å². The average Bonchev–Trinajstić information content (AvgIpc) is 3.22. The summed E-state index contributed by atoms with van der Waals surface area (Å²) in [4.78, 5) is 12.7. The number of rotatable bonds is 8. The second-order valence-corrected chi connectivity index (χ2v) is 7.68. The average molecular weight is 429 g/mol. The summed E-state index contributed by atoms with van der Waals surface area (Å²) in [6.07, 6.45) is 0. The highest BCUT2D eigenvalue weighted by Gasteiger charge is 2.19. The maximum atomic E-state index is 12.7. The van der Waals surface area contributed by atoms with E-state index in [0.29, 0.717) is 33.9 Å². The van der Waals surface area contributed by atoms with Crippen molar-refractivity contribution in [2.24, 2.45) is 0 Å². The zero-order valence-electron chi connectivity index (χ0n) is 17.9. The first kappa shape index (κ1) is 21.7. The number of Topliss-reactive ketones (excluding diaryl/α,β-unsaturated/α-hetero) is 1. The van der Waals surface area contributed by atoms with Crippen molar-refractivity contribution in [1.29, 1.82) is 0 Å². The minimum Gasteiger partial charge on any atom is -0.493 e. The number of methoxy groups -OCH3 is 3. The van der Waals surface area contributed by atoms with Gasteiger partial charge in [-0.2, -0.15) is 0 Å². The number of ketones is 1. The standard InChI is InChI=1S/C22H24N2O5S/c1-12-7-14(3)16(8-13(12)2)17(25)11-30-22-24-23-21(29-22)15-9-18(26-4)20(28-6)19(10-15)27-5/h7-10H,11H2,1-6H3. The van der Waals surface area contributed by atoms with Crippen molar-refractivity contribution < 1.29 is 23.4 Å². The molecule has 0 radical (unpaired) electrons. The molecule has 158 valence electrons. The van der Waals surface area contributed by atoms with E-state index < -0.39 is 0 Å². The number of benzene rings is 2. The van der Waals surface area contributed by atoms with Crippen LogP contribution in [0.15, 0.2) is 33.9 Å². The van der Waals surface area contributed by atoms with Gasteiger partial charge < -0.3 is 18.6 Å². The lowest BCUT2D eigenvalue weighted by Gasteiger charge is -2.12. The van der Waals surface area contributed by atoms with E-state index in [1.807, 2.05) is 32.9 Å². The third-order valence-corrected chi connectivity index (χ3v) is 5.60. The van der Waals surface area contributed by atoms with Gasteiger partial charge in [0.25, 0.3) is 5.22 Å². The zero-order valence-corrected chi connectivity index (χ0v) is 18.7. The second-order valence-electron chi connectivity index (χ2n) is 6.75. The highest BCUT2D eigenvalue weighted by atomic mass is 32.2. The van der Waals surface area contributed by atoms with Crippen LogP contribution in [0.25, 0.3) is 11.5 Å². The van der Waals surface area contributed by atoms with Crippen LogP contribution in [0.5, 0.6) is 17.2 Å². The Morgan fingerprint density at radius 2 is 1.53 bits per heavy atom. The molecule has 0 aliphatic rings. The Balaban J connectivity index is 1.77. The molecule has 0 atom stereocenters. The Bertz CT molecular complexity index is 1050. The van der Waals surface area contributed by atoms with Gasteiger partial charge in [0, 0.05) is 11.1 Å². The molecule has 0 aliphatic carbocycles. The number of carbonyl (C=O) groups excluding carboxylic acids is 1. The van der Waals surface area contributed by atoms with Crippen molar-refractivity contribution in [3.05, 3.63) is 46.5 Å².